The first-order valence-electron chi connectivity index (χ1n) is 19.8. The van der Waals surface area contributed by atoms with Gasteiger partial charge >= 0.3 is 0 Å². The standard InChI is InChI=1S/C56H37NO/c1-4-16-38(17-5-1)41-22-14-24-44(34-41)57(46-31-33-54-51(37-46)49-27-12-13-29-53(49)58-54)45-25-15-23-42(35-45)43-30-32-48-47-26-10-11-28-50(47)55(39-18-6-2-7-19-39)56(52(48)36-43)40-20-8-3-9-21-40/h1-37H. The Labute approximate surface area is 337 Å². The smallest absolute Gasteiger partial charge is 0.135 e. The summed E-state index contributed by atoms with van der Waals surface area (Å²) in [5.41, 5.74) is 14.6. The number of fused-ring (bicyclic) bond motifs is 6. The summed E-state index contributed by atoms with van der Waals surface area (Å²) in [5, 5.41) is 7.19. The van der Waals surface area contributed by atoms with Crippen LogP contribution in [-0.4, -0.2) is 0 Å². The van der Waals surface area contributed by atoms with Crippen LogP contribution in [0.3, 0.4) is 0 Å². The van der Waals surface area contributed by atoms with Gasteiger partial charge in [-0.05, 0) is 121 Å². The Kier molecular flexibility index (Phi) is 8.19. The molecule has 2 heteroatoms. The Hall–Kier alpha value is -7.68. The molecular weight excluding hydrogens is 703 g/mol. The lowest BCUT2D eigenvalue weighted by atomic mass is 9.84. The van der Waals surface area contributed by atoms with Crippen molar-refractivity contribution >= 4 is 60.5 Å². The molecule has 0 unspecified atom stereocenters. The molecule has 0 bridgehead atoms. The van der Waals surface area contributed by atoms with E-state index in [1.807, 2.05) is 12.1 Å². The molecule has 0 atom stereocenters. The van der Waals surface area contributed by atoms with Crippen LogP contribution in [0.4, 0.5) is 17.1 Å². The molecule has 0 aliphatic heterocycles. The molecule has 10 aromatic carbocycles. The van der Waals surface area contributed by atoms with Crippen LogP contribution in [0.2, 0.25) is 0 Å². The van der Waals surface area contributed by atoms with E-state index in [1.165, 1.54) is 54.9 Å². The maximum atomic E-state index is 6.27. The van der Waals surface area contributed by atoms with Gasteiger partial charge in [0.1, 0.15) is 11.2 Å². The average Bonchev–Trinajstić information content (AvgIpc) is 3.68. The minimum absolute atomic E-state index is 0.879. The maximum Gasteiger partial charge on any atom is 0.135 e. The third kappa shape index (κ3) is 5.82. The van der Waals surface area contributed by atoms with Gasteiger partial charge < -0.3 is 9.32 Å². The SMILES string of the molecule is c1ccc(-c2cccc(N(c3cccc(-c4ccc5c(c4)c(-c4ccccc4)c(-c4ccccc4)c4ccccc45)c3)c3ccc4oc5ccccc5c4c3)c2)cc1. The third-order valence-electron chi connectivity index (χ3n) is 11.4. The molecule has 0 aliphatic carbocycles. The van der Waals surface area contributed by atoms with Crippen molar-refractivity contribution in [3.63, 3.8) is 0 Å². The largest absolute Gasteiger partial charge is 0.456 e. The number of para-hydroxylation sites is 1. The number of nitrogens with zero attached hydrogens (tertiary/aromatic N) is 1. The molecule has 272 valence electrons. The summed E-state index contributed by atoms with van der Waals surface area (Å²) >= 11 is 0. The molecule has 2 nitrogen and oxygen atoms in total. The van der Waals surface area contributed by atoms with E-state index in [0.29, 0.717) is 0 Å². The van der Waals surface area contributed by atoms with E-state index in [9.17, 15) is 0 Å². The molecule has 0 fully saturated rings. The van der Waals surface area contributed by atoms with Crippen LogP contribution in [0, 0.1) is 0 Å². The fraction of sp³-hybridized carbons (Fsp3) is 0. The first-order chi connectivity index (χ1) is 28.8. The average molecular weight is 740 g/mol. The van der Waals surface area contributed by atoms with Crippen molar-refractivity contribution in [1.82, 2.24) is 0 Å². The number of anilines is 3. The molecular formula is C56H37NO. The molecule has 1 heterocycles. The normalized spacial score (nSPS) is 11.4. The van der Waals surface area contributed by atoms with E-state index in [-0.39, 0.29) is 0 Å². The van der Waals surface area contributed by atoms with E-state index in [1.54, 1.807) is 0 Å². The van der Waals surface area contributed by atoms with Gasteiger partial charge in [0.2, 0.25) is 0 Å². The van der Waals surface area contributed by atoms with Crippen LogP contribution in [0.15, 0.2) is 229 Å². The van der Waals surface area contributed by atoms with Crippen molar-refractivity contribution in [1.29, 1.82) is 0 Å². The number of hydrogen-bond donors (Lipinski definition) is 0. The number of rotatable bonds is 7. The first-order valence-corrected chi connectivity index (χ1v) is 19.8. The zero-order chi connectivity index (χ0) is 38.4. The summed E-state index contributed by atoms with van der Waals surface area (Å²) in [4.78, 5) is 2.37. The van der Waals surface area contributed by atoms with E-state index in [2.05, 4.69) is 217 Å². The van der Waals surface area contributed by atoms with Gasteiger partial charge in [-0.1, -0.05) is 170 Å². The van der Waals surface area contributed by atoms with E-state index in [4.69, 9.17) is 4.42 Å². The number of benzene rings is 10. The number of hydrogen-bond acceptors (Lipinski definition) is 2. The van der Waals surface area contributed by atoms with Crippen LogP contribution in [0.1, 0.15) is 0 Å². The zero-order valence-corrected chi connectivity index (χ0v) is 31.7. The Morgan fingerprint density at radius 2 is 0.707 bits per heavy atom. The second-order valence-electron chi connectivity index (χ2n) is 14.9. The quantitative estimate of drug-likeness (QED) is 0.151. The van der Waals surface area contributed by atoms with Crippen molar-refractivity contribution in [2.45, 2.75) is 0 Å². The predicted octanol–water partition coefficient (Wildman–Crippen LogP) is 16.0. The van der Waals surface area contributed by atoms with Gasteiger partial charge in [0.25, 0.3) is 0 Å². The van der Waals surface area contributed by atoms with Gasteiger partial charge in [0.05, 0.1) is 0 Å². The Morgan fingerprint density at radius 1 is 0.241 bits per heavy atom. The summed E-state index contributed by atoms with van der Waals surface area (Å²) < 4.78 is 6.27. The summed E-state index contributed by atoms with van der Waals surface area (Å²) in [6.07, 6.45) is 0. The zero-order valence-electron chi connectivity index (χ0n) is 31.7. The highest BCUT2D eigenvalue weighted by molar-refractivity contribution is 6.22. The predicted molar refractivity (Wildman–Crippen MR) is 245 cm³/mol. The van der Waals surface area contributed by atoms with Crippen molar-refractivity contribution in [3.05, 3.63) is 224 Å². The molecule has 0 spiro atoms. The van der Waals surface area contributed by atoms with Crippen LogP contribution >= 0.6 is 0 Å². The van der Waals surface area contributed by atoms with Crippen molar-refractivity contribution in [2.24, 2.45) is 0 Å². The highest BCUT2D eigenvalue weighted by Crippen LogP contribution is 2.46. The molecule has 1 aromatic heterocycles. The van der Waals surface area contributed by atoms with Crippen LogP contribution in [-0.2, 0) is 0 Å². The Balaban J connectivity index is 1.12. The monoisotopic (exact) mass is 739 g/mol. The van der Waals surface area contributed by atoms with Crippen LogP contribution in [0.25, 0.3) is 88.0 Å². The lowest BCUT2D eigenvalue weighted by Gasteiger charge is -2.27. The van der Waals surface area contributed by atoms with Crippen LogP contribution < -0.4 is 4.90 Å². The minimum atomic E-state index is 0.879. The molecule has 0 saturated carbocycles. The lowest BCUT2D eigenvalue weighted by molar-refractivity contribution is 0.669. The topological polar surface area (TPSA) is 16.4 Å². The maximum absolute atomic E-state index is 6.27. The van der Waals surface area contributed by atoms with Crippen LogP contribution in [0.5, 0.6) is 0 Å². The van der Waals surface area contributed by atoms with Gasteiger partial charge in [0, 0.05) is 27.8 Å². The Morgan fingerprint density at radius 3 is 1.38 bits per heavy atom. The molecule has 0 N–H and O–H groups in total. The molecule has 0 radical (unpaired) electrons. The molecule has 58 heavy (non-hydrogen) atoms. The molecule has 11 aromatic rings. The van der Waals surface area contributed by atoms with Gasteiger partial charge in [-0.3, -0.25) is 0 Å². The minimum Gasteiger partial charge on any atom is -0.456 e. The van der Waals surface area contributed by atoms with Gasteiger partial charge in [-0.15, -0.1) is 0 Å². The summed E-state index contributed by atoms with van der Waals surface area (Å²) in [6, 6.07) is 80.8. The number of furan rings is 1. The van der Waals surface area contributed by atoms with Gasteiger partial charge in [-0.2, -0.15) is 0 Å². The molecule has 0 amide bonds. The molecule has 11 rings (SSSR count). The highest BCUT2D eigenvalue weighted by atomic mass is 16.3. The fourth-order valence-corrected chi connectivity index (χ4v) is 8.76. The second-order valence-corrected chi connectivity index (χ2v) is 14.9. The van der Waals surface area contributed by atoms with E-state index >= 15 is 0 Å². The van der Waals surface area contributed by atoms with Crippen molar-refractivity contribution in [3.8, 4) is 44.5 Å². The van der Waals surface area contributed by atoms with Gasteiger partial charge in [-0.25, -0.2) is 0 Å². The van der Waals surface area contributed by atoms with E-state index in [0.717, 1.165) is 50.1 Å². The van der Waals surface area contributed by atoms with E-state index < -0.39 is 0 Å². The summed E-state index contributed by atoms with van der Waals surface area (Å²) in [5.74, 6) is 0. The summed E-state index contributed by atoms with van der Waals surface area (Å²) in [7, 11) is 0. The third-order valence-corrected chi connectivity index (χ3v) is 11.4. The second kappa shape index (κ2) is 14.1. The highest BCUT2D eigenvalue weighted by Gasteiger charge is 2.20. The summed E-state index contributed by atoms with van der Waals surface area (Å²) in [6.45, 7) is 0. The van der Waals surface area contributed by atoms with Gasteiger partial charge in [0.15, 0.2) is 0 Å². The molecule has 0 aliphatic rings. The van der Waals surface area contributed by atoms with Crippen molar-refractivity contribution in [2.75, 3.05) is 4.90 Å². The lowest BCUT2D eigenvalue weighted by Crippen LogP contribution is -2.10. The molecule has 0 saturated heterocycles. The van der Waals surface area contributed by atoms with Crippen molar-refractivity contribution < 1.29 is 4.42 Å². The first kappa shape index (κ1) is 33.6. The fourth-order valence-electron chi connectivity index (χ4n) is 8.76. The Bertz CT molecular complexity index is 3270.